The lowest BCUT2D eigenvalue weighted by Gasteiger charge is -2.41. The Kier molecular flexibility index (Phi) is 9.44. The van der Waals surface area contributed by atoms with Crippen molar-refractivity contribution in [2.45, 2.75) is 43.2 Å². The Morgan fingerprint density at radius 3 is 2.61 bits per heavy atom. The van der Waals surface area contributed by atoms with E-state index in [1.54, 1.807) is 18.2 Å². The molecule has 1 saturated heterocycles. The monoisotopic (exact) mass is 566 g/mol. The van der Waals surface area contributed by atoms with Crippen LogP contribution in [0.1, 0.15) is 43.8 Å². The molecular weight excluding hydrogens is 537 g/mol. The van der Waals surface area contributed by atoms with Crippen LogP contribution in [0.3, 0.4) is 0 Å². The number of piperidine rings is 1. The van der Waals surface area contributed by atoms with E-state index in [4.69, 9.17) is 16.3 Å². The van der Waals surface area contributed by atoms with Gasteiger partial charge in [-0.1, -0.05) is 17.7 Å². The third kappa shape index (κ3) is 6.74. The summed E-state index contributed by atoms with van der Waals surface area (Å²) in [6, 6.07) is 9.03. The van der Waals surface area contributed by atoms with Crippen molar-refractivity contribution < 1.29 is 27.8 Å². The molecule has 0 unspecified atom stereocenters. The van der Waals surface area contributed by atoms with Gasteiger partial charge in [0, 0.05) is 29.4 Å². The first kappa shape index (κ1) is 28.5. The molecule has 2 aromatic carbocycles. The summed E-state index contributed by atoms with van der Waals surface area (Å²) in [4.78, 5) is 18.2. The molecule has 1 N–H and O–H groups in total. The van der Waals surface area contributed by atoms with Crippen LogP contribution in [0, 0.1) is 17.0 Å². The number of carboxylic acids is 1. The summed E-state index contributed by atoms with van der Waals surface area (Å²) in [7, 11) is 1.53. The highest BCUT2D eigenvalue weighted by atomic mass is 35.5. The van der Waals surface area contributed by atoms with Gasteiger partial charge >= 0.3 is 5.97 Å². The molecule has 1 aliphatic heterocycles. The minimum atomic E-state index is -1.39. The molecule has 1 fully saturated rings. The lowest BCUT2D eigenvalue weighted by atomic mass is 9.71. The lowest BCUT2D eigenvalue weighted by Crippen LogP contribution is -2.42. The second kappa shape index (κ2) is 12.6. The smallest absolute Gasteiger partial charge is 0.303 e. The van der Waals surface area contributed by atoms with Crippen LogP contribution in [0.4, 0.5) is 13.2 Å². The molecule has 0 radical (unpaired) electrons. The minimum Gasteiger partial charge on any atom is -0.497 e. The van der Waals surface area contributed by atoms with Gasteiger partial charge in [0.1, 0.15) is 23.6 Å². The third-order valence-corrected chi connectivity index (χ3v) is 8.69. The van der Waals surface area contributed by atoms with Gasteiger partial charge in [0.2, 0.25) is 0 Å². The SMILES string of the molecule is COc1ccc2ncc(Cl)c([C@H](F)CCC3(CC(=O)O)CCN(CCSc4c(F)cccc4F)CC3)c2c1. The number of aliphatic carboxylic acids is 1. The maximum atomic E-state index is 15.7. The van der Waals surface area contributed by atoms with Gasteiger partial charge in [0.15, 0.2) is 0 Å². The van der Waals surface area contributed by atoms with Gasteiger partial charge < -0.3 is 14.7 Å². The molecule has 0 amide bonds. The van der Waals surface area contributed by atoms with E-state index in [9.17, 15) is 18.7 Å². The number of ether oxygens (including phenoxy) is 1. The maximum absolute atomic E-state index is 15.7. The number of benzene rings is 2. The van der Waals surface area contributed by atoms with Crippen LogP contribution in [0.2, 0.25) is 5.02 Å². The van der Waals surface area contributed by atoms with E-state index in [0.717, 1.165) is 11.8 Å². The van der Waals surface area contributed by atoms with Crippen LogP contribution in [0.15, 0.2) is 47.5 Å². The number of thioether (sulfide) groups is 1. The second-order valence-electron chi connectivity index (χ2n) is 9.72. The summed E-state index contributed by atoms with van der Waals surface area (Å²) in [5.74, 6) is -0.976. The second-order valence-corrected chi connectivity index (χ2v) is 11.2. The van der Waals surface area contributed by atoms with Gasteiger partial charge in [-0.3, -0.25) is 9.78 Å². The van der Waals surface area contributed by atoms with Crippen LogP contribution in [0.5, 0.6) is 5.75 Å². The number of hydrogen-bond acceptors (Lipinski definition) is 5. The van der Waals surface area contributed by atoms with Crippen molar-refractivity contribution in [3.05, 3.63) is 64.8 Å². The van der Waals surface area contributed by atoms with Gasteiger partial charge in [0.05, 0.1) is 29.0 Å². The Morgan fingerprint density at radius 2 is 1.95 bits per heavy atom. The van der Waals surface area contributed by atoms with Crippen molar-refractivity contribution >= 4 is 40.2 Å². The summed E-state index contributed by atoms with van der Waals surface area (Å²) in [5.41, 5.74) is 0.412. The molecule has 10 heteroatoms. The van der Waals surface area contributed by atoms with Gasteiger partial charge in [0.25, 0.3) is 0 Å². The van der Waals surface area contributed by atoms with Crippen molar-refractivity contribution in [1.29, 1.82) is 0 Å². The molecule has 0 saturated carbocycles. The molecule has 5 nitrogen and oxygen atoms in total. The maximum Gasteiger partial charge on any atom is 0.303 e. The number of rotatable bonds is 11. The Morgan fingerprint density at radius 1 is 1.24 bits per heavy atom. The number of aromatic nitrogens is 1. The molecule has 0 spiro atoms. The van der Waals surface area contributed by atoms with E-state index >= 15 is 4.39 Å². The highest BCUT2D eigenvalue weighted by molar-refractivity contribution is 7.99. The first-order valence-electron chi connectivity index (χ1n) is 12.5. The van der Waals surface area contributed by atoms with Crippen molar-refractivity contribution in [2.24, 2.45) is 5.41 Å². The number of hydrogen-bond donors (Lipinski definition) is 1. The number of carboxylic acid groups (broad SMARTS) is 1. The van der Waals surface area contributed by atoms with E-state index < -0.39 is 29.2 Å². The molecule has 3 aromatic rings. The van der Waals surface area contributed by atoms with E-state index in [1.165, 1.54) is 31.5 Å². The minimum absolute atomic E-state index is 0.0126. The van der Waals surface area contributed by atoms with Crippen molar-refractivity contribution in [3.8, 4) is 5.75 Å². The first-order chi connectivity index (χ1) is 18.2. The Hall–Kier alpha value is -2.49. The van der Waals surface area contributed by atoms with Crippen LogP contribution in [-0.4, -0.2) is 53.5 Å². The molecule has 204 valence electrons. The van der Waals surface area contributed by atoms with Crippen LogP contribution < -0.4 is 4.74 Å². The number of pyridine rings is 1. The van der Waals surface area contributed by atoms with E-state index in [0.29, 0.717) is 66.9 Å². The molecule has 2 heterocycles. The van der Waals surface area contributed by atoms with Crippen LogP contribution in [0.25, 0.3) is 10.9 Å². The number of carbonyl (C=O) groups is 1. The predicted octanol–water partition coefficient (Wildman–Crippen LogP) is 7.32. The van der Waals surface area contributed by atoms with Crippen molar-refractivity contribution in [2.75, 3.05) is 32.5 Å². The largest absolute Gasteiger partial charge is 0.497 e. The van der Waals surface area contributed by atoms with Crippen LogP contribution in [-0.2, 0) is 4.79 Å². The number of halogens is 4. The molecule has 38 heavy (non-hydrogen) atoms. The quantitative estimate of drug-likeness (QED) is 0.245. The zero-order chi connectivity index (χ0) is 27.3. The Balaban J connectivity index is 1.39. The Bertz CT molecular complexity index is 1270. The summed E-state index contributed by atoms with van der Waals surface area (Å²) >= 11 is 7.51. The fraction of sp³-hybridized carbons (Fsp3) is 0.429. The molecule has 4 rings (SSSR count). The highest BCUT2D eigenvalue weighted by Gasteiger charge is 2.37. The Labute approximate surface area is 229 Å². The van der Waals surface area contributed by atoms with Gasteiger partial charge in [-0.2, -0.15) is 0 Å². The lowest BCUT2D eigenvalue weighted by molar-refractivity contribution is -0.141. The zero-order valence-electron chi connectivity index (χ0n) is 21.1. The number of methoxy groups -OCH3 is 1. The average molecular weight is 567 g/mol. The molecule has 0 aliphatic carbocycles. The number of likely N-dealkylation sites (tertiary alicyclic amines) is 1. The molecule has 1 aromatic heterocycles. The standard InChI is InChI=1S/C28H30ClF3N2O3S/c1-37-18-5-6-24-19(15-18)26(20(29)17-33-24)21(30)7-8-28(16-25(35)36)9-11-34(12-10-28)13-14-38-27-22(31)3-2-4-23(27)32/h2-6,15,17,21H,7-14,16H2,1H3,(H,35,36)/t21-/m1/s1. The van der Waals surface area contributed by atoms with Crippen molar-refractivity contribution in [1.82, 2.24) is 9.88 Å². The number of fused-ring (bicyclic) bond motifs is 1. The predicted molar refractivity (Wildman–Crippen MR) is 144 cm³/mol. The first-order valence-corrected chi connectivity index (χ1v) is 13.8. The van der Waals surface area contributed by atoms with Gasteiger partial charge in [-0.15, -0.1) is 11.8 Å². The van der Waals surface area contributed by atoms with Gasteiger partial charge in [-0.05, 0) is 74.5 Å². The third-order valence-electron chi connectivity index (χ3n) is 7.33. The fourth-order valence-electron chi connectivity index (χ4n) is 5.17. The van der Waals surface area contributed by atoms with Crippen molar-refractivity contribution in [3.63, 3.8) is 0 Å². The van der Waals surface area contributed by atoms with E-state index in [-0.39, 0.29) is 22.8 Å². The summed E-state index contributed by atoms with van der Waals surface area (Å²) in [6.07, 6.45) is 1.73. The summed E-state index contributed by atoms with van der Waals surface area (Å²) < 4.78 is 48.8. The van der Waals surface area contributed by atoms with Crippen LogP contribution >= 0.6 is 23.4 Å². The summed E-state index contributed by atoms with van der Waals surface area (Å²) in [6.45, 7) is 1.90. The molecule has 0 bridgehead atoms. The van der Waals surface area contributed by atoms with Gasteiger partial charge in [-0.25, -0.2) is 13.2 Å². The molecule has 1 atom stereocenters. The molecular formula is C28H30ClF3N2O3S. The normalized spacial score (nSPS) is 16.4. The highest BCUT2D eigenvalue weighted by Crippen LogP contribution is 2.44. The summed E-state index contributed by atoms with van der Waals surface area (Å²) in [5, 5.41) is 10.4. The van der Waals surface area contributed by atoms with E-state index in [1.807, 2.05) is 0 Å². The fourth-order valence-corrected chi connectivity index (χ4v) is 6.41. The number of alkyl halides is 1. The average Bonchev–Trinajstić information content (AvgIpc) is 2.89. The zero-order valence-corrected chi connectivity index (χ0v) is 22.6. The topological polar surface area (TPSA) is 62.7 Å². The number of nitrogens with zero attached hydrogens (tertiary/aromatic N) is 2. The van der Waals surface area contributed by atoms with E-state index in [2.05, 4.69) is 9.88 Å². The molecule has 1 aliphatic rings.